The van der Waals surface area contributed by atoms with Crippen LogP contribution in [0.15, 0.2) is 0 Å². The van der Waals surface area contributed by atoms with Crippen LogP contribution >= 0.6 is 0 Å². The summed E-state index contributed by atoms with van der Waals surface area (Å²) in [7, 11) is 1.87. The first-order valence-electron chi connectivity index (χ1n) is 5.52. The number of piperidine rings is 1. The molecule has 0 aromatic rings. The lowest BCUT2D eigenvalue weighted by Crippen LogP contribution is -2.45. The summed E-state index contributed by atoms with van der Waals surface area (Å²) in [6.45, 7) is 5.36. The van der Waals surface area contributed by atoms with Crippen molar-refractivity contribution in [3.8, 4) is 0 Å². The number of amides is 2. The zero-order valence-electron chi connectivity index (χ0n) is 9.75. The summed E-state index contributed by atoms with van der Waals surface area (Å²) >= 11 is 0. The second kappa shape index (κ2) is 5.26. The molecule has 4 heteroatoms. The van der Waals surface area contributed by atoms with E-state index in [0.29, 0.717) is 25.3 Å². The lowest BCUT2D eigenvalue weighted by atomic mass is 9.97. The van der Waals surface area contributed by atoms with Crippen LogP contribution in [0.4, 0.5) is 0 Å². The van der Waals surface area contributed by atoms with Crippen LogP contribution in [0.1, 0.15) is 26.7 Å². The molecule has 1 atom stereocenters. The summed E-state index contributed by atoms with van der Waals surface area (Å²) in [5.74, 6) is 0.501. The second-order valence-corrected chi connectivity index (χ2v) is 4.57. The molecular weight excluding hydrogens is 192 g/mol. The summed E-state index contributed by atoms with van der Waals surface area (Å²) in [4.78, 5) is 24.7. The van der Waals surface area contributed by atoms with Gasteiger partial charge in [-0.25, -0.2) is 0 Å². The van der Waals surface area contributed by atoms with E-state index in [1.807, 2.05) is 20.9 Å². The van der Waals surface area contributed by atoms with Gasteiger partial charge >= 0.3 is 0 Å². The molecule has 86 valence electrons. The molecule has 0 aromatic carbocycles. The monoisotopic (exact) mass is 212 g/mol. The standard InChI is InChI=1S/C11H20N2O2/c1-8-4-10(14)13(11(15)5-8)7-9(2)6-12-3/h8-9,12H,4-7H2,1-3H3. The summed E-state index contributed by atoms with van der Waals surface area (Å²) in [6.07, 6.45) is 1.02. The second-order valence-electron chi connectivity index (χ2n) is 4.57. The summed E-state index contributed by atoms with van der Waals surface area (Å²) in [6, 6.07) is 0. The number of carbonyl (C=O) groups is 2. The minimum atomic E-state index is -0.0123. The number of imide groups is 1. The van der Waals surface area contributed by atoms with E-state index in [9.17, 15) is 9.59 Å². The Kier molecular flexibility index (Phi) is 4.27. The fraction of sp³-hybridized carbons (Fsp3) is 0.818. The van der Waals surface area contributed by atoms with Gasteiger partial charge < -0.3 is 5.32 Å². The third kappa shape index (κ3) is 3.30. The number of likely N-dealkylation sites (tertiary alicyclic amines) is 1. The minimum Gasteiger partial charge on any atom is -0.319 e. The van der Waals surface area contributed by atoms with Crippen LogP contribution in [0.5, 0.6) is 0 Å². The molecule has 1 rings (SSSR count). The molecule has 4 nitrogen and oxygen atoms in total. The maximum atomic E-state index is 11.6. The van der Waals surface area contributed by atoms with Gasteiger partial charge in [0, 0.05) is 19.4 Å². The van der Waals surface area contributed by atoms with E-state index in [1.54, 1.807) is 0 Å². The lowest BCUT2D eigenvalue weighted by Gasteiger charge is -2.30. The van der Waals surface area contributed by atoms with Crippen molar-refractivity contribution in [2.45, 2.75) is 26.7 Å². The van der Waals surface area contributed by atoms with Crippen LogP contribution in [0.25, 0.3) is 0 Å². The highest BCUT2D eigenvalue weighted by Gasteiger charge is 2.30. The highest BCUT2D eigenvalue weighted by molar-refractivity contribution is 5.97. The van der Waals surface area contributed by atoms with Gasteiger partial charge in [-0.1, -0.05) is 13.8 Å². The number of carbonyl (C=O) groups excluding carboxylic acids is 2. The van der Waals surface area contributed by atoms with Gasteiger partial charge in [-0.15, -0.1) is 0 Å². The Balaban J connectivity index is 2.53. The van der Waals surface area contributed by atoms with Crippen molar-refractivity contribution < 1.29 is 9.59 Å². The third-order valence-corrected chi connectivity index (χ3v) is 2.70. The zero-order chi connectivity index (χ0) is 11.4. The quantitative estimate of drug-likeness (QED) is 0.695. The largest absolute Gasteiger partial charge is 0.319 e. The first-order valence-corrected chi connectivity index (χ1v) is 5.52. The Labute approximate surface area is 91.0 Å². The number of hydrogen-bond acceptors (Lipinski definition) is 3. The van der Waals surface area contributed by atoms with E-state index in [1.165, 1.54) is 4.90 Å². The van der Waals surface area contributed by atoms with E-state index >= 15 is 0 Å². The van der Waals surface area contributed by atoms with Gasteiger partial charge in [0.1, 0.15) is 0 Å². The smallest absolute Gasteiger partial charge is 0.229 e. The summed E-state index contributed by atoms with van der Waals surface area (Å²) in [5.41, 5.74) is 0. The molecule has 0 saturated carbocycles. The zero-order valence-corrected chi connectivity index (χ0v) is 9.75. The average molecular weight is 212 g/mol. The molecule has 1 fully saturated rings. The van der Waals surface area contributed by atoms with Crippen molar-refractivity contribution in [3.63, 3.8) is 0 Å². The van der Waals surface area contributed by atoms with Crippen LogP contribution in [0.2, 0.25) is 0 Å². The number of nitrogens with zero attached hydrogens (tertiary/aromatic N) is 1. The van der Waals surface area contributed by atoms with Gasteiger partial charge in [-0.05, 0) is 25.4 Å². The normalized spacial score (nSPS) is 20.9. The average Bonchev–Trinajstić information content (AvgIpc) is 2.11. The van der Waals surface area contributed by atoms with Gasteiger partial charge in [0.25, 0.3) is 0 Å². The molecule has 0 radical (unpaired) electrons. The lowest BCUT2D eigenvalue weighted by molar-refractivity contribution is -0.150. The summed E-state index contributed by atoms with van der Waals surface area (Å²) in [5, 5.41) is 3.05. The Bertz CT molecular complexity index is 235. The molecule has 0 spiro atoms. The Morgan fingerprint density at radius 3 is 2.40 bits per heavy atom. The maximum absolute atomic E-state index is 11.6. The van der Waals surface area contributed by atoms with Gasteiger partial charge in [-0.2, -0.15) is 0 Å². The predicted octanol–water partition coefficient (Wildman–Crippen LogP) is 0.627. The number of hydrogen-bond donors (Lipinski definition) is 1. The van der Waals surface area contributed by atoms with E-state index in [2.05, 4.69) is 5.32 Å². The summed E-state index contributed by atoms with van der Waals surface area (Å²) < 4.78 is 0. The van der Waals surface area contributed by atoms with Gasteiger partial charge in [0.05, 0.1) is 0 Å². The van der Waals surface area contributed by atoms with Crippen molar-refractivity contribution in [2.75, 3.05) is 20.1 Å². The fourth-order valence-corrected chi connectivity index (χ4v) is 1.96. The van der Waals surface area contributed by atoms with Gasteiger partial charge in [0.2, 0.25) is 11.8 Å². The number of rotatable bonds is 4. The Hall–Kier alpha value is -0.900. The van der Waals surface area contributed by atoms with Gasteiger partial charge in [0.15, 0.2) is 0 Å². The SMILES string of the molecule is CNCC(C)CN1C(=O)CC(C)CC1=O. The first kappa shape index (κ1) is 12.2. The molecule has 1 aliphatic heterocycles. The fourth-order valence-electron chi connectivity index (χ4n) is 1.96. The predicted molar refractivity (Wildman–Crippen MR) is 58.2 cm³/mol. The van der Waals surface area contributed by atoms with Crippen LogP contribution in [-0.4, -0.2) is 36.9 Å². The molecular formula is C11H20N2O2. The van der Waals surface area contributed by atoms with Gasteiger partial charge in [-0.3, -0.25) is 14.5 Å². The molecule has 1 heterocycles. The molecule has 15 heavy (non-hydrogen) atoms. The van der Waals surface area contributed by atoms with E-state index in [4.69, 9.17) is 0 Å². The number of nitrogens with one attached hydrogen (secondary N) is 1. The molecule has 0 bridgehead atoms. The Morgan fingerprint density at radius 2 is 1.93 bits per heavy atom. The topological polar surface area (TPSA) is 49.4 Å². The molecule has 0 aliphatic carbocycles. The highest BCUT2D eigenvalue weighted by atomic mass is 16.2. The third-order valence-electron chi connectivity index (χ3n) is 2.70. The van der Waals surface area contributed by atoms with Crippen molar-refractivity contribution >= 4 is 11.8 Å². The van der Waals surface area contributed by atoms with E-state index in [0.717, 1.165) is 6.54 Å². The molecule has 0 aromatic heterocycles. The van der Waals surface area contributed by atoms with Crippen molar-refractivity contribution in [1.82, 2.24) is 10.2 Å². The van der Waals surface area contributed by atoms with Crippen LogP contribution in [0, 0.1) is 11.8 Å². The van der Waals surface area contributed by atoms with Crippen molar-refractivity contribution in [2.24, 2.45) is 11.8 Å². The van der Waals surface area contributed by atoms with Crippen molar-refractivity contribution in [3.05, 3.63) is 0 Å². The first-order chi connectivity index (χ1) is 7.04. The molecule has 1 N–H and O–H groups in total. The van der Waals surface area contributed by atoms with E-state index in [-0.39, 0.29) is 17.7 Å². The van der Waals surface area contributed by atoms with Crippen LogP contribution in [0.3, 0.4) is 0 Å². The Morgan fingerprint density at radius 1 is 1.40 bits per heavy atom. The van der Waals surface area contributed by atoms with Crippen LogP contribution < -0.4 is 5.32 Å². The molecule has 2 amide bonds. The van der Waals surface area contributed by atoms with E-state index < -0.39 is 0 Å². The van der Waals surface area contributed by atoms with Crippen molar-refractivity contribution in [1.29, 1.82) is 0 Å². The minimum absolute atomic E-state index is 0.0123. The maximum Gasteiger partial charge on any atom is 0.229 e. The van der Waals surface area contributed by atoms with Crippen LogP contribution in [-0.2, 0) is 9.59 Å². The highest BCUT2D eigenvalue weighted by Crippen LogP contribution is 2.19. The molecule has 1 aliphatic rings. The molecule has 1 unspecified atom stereocenters. The molecule has 1 saturated heterocycles.